The highest BCUT2D eigenvalue weighted by Gasteiger charge is 2.50. The van der Waals surface area contributed by atoms with Gasteiger partial charge in [0.25, 0.3) is 5.91 Å². The maximum absolute atomic E-state index is 12.4. The SMILES string of the molecule is O=C(NCC1(C(=O)O)CC1)C1CCN(C(=O)c2ccccc2)CC1. The number of carbonyl (C=O) groups excluding carboxylic acids is 2. The molecule has 1 saturated heterocycles. The summed E-state index contributed by atoms with van der Waals surface area (Å²) < 4.78 is 0. The molecule has 2 N–H and O–H groups in total. The Kier molecular flexibility index (Phi) is 4.55. The molecule has 1 aromatic carbocycles. The lowest BCUT2D eigenvalue weighted by Gasteiger charge is -2.31. The van der Waals surface area contributed by atoms with Crippen LogP contribution < -0.4 is 5.32 Å². The number of hydrogen-bond donors (Lipinski definition) is 2. The molecule has 2 fully saturated rings. The first-order valence-electron chi connectivity index (χ1n) is 8.37. The average Bonchev–Trinajstić information content (AvgIpc) is 3.41. The van der Waals surface area contributed by atoms with Crippen molar-refractivity contribution < 1.29 is 19.5 Å². The summed E-state index contributed by atoms with van der Waals surface area (Å²) in [7, 11) is 0. The van der Waals surface area contributed by atoms with Crippen LogP contribution in [0, 0.1) is 11.3 Å². The van der Waals surface area contributed by atoms with Gasteiger partial charge < -0.3 is 15.3 Å². The summed E-state index contributed by atoms with van der Waals surface area (Å²) in [6.07, 6.45) is 2.49. The fourth-order valence-corrected chi connectivity index (χ4v) is 3.13. The second kappa shape index (κ2) is 6.63. The summed E-state index contributed by atoms with van der Waals surface area (Å²) in [5, 5.41) is 11.9. The zero-order valence-corrected chi connectivity index (χ0v) is 13.5. The normalized spacial score (nSPS) is 19.6. The molecule has 1 heterocycles. The lowest BCUT2D eigenvalue weighted by Crippen LogP contribution is -2.44. The molecule has 0 bridgehead atoms. The van der Waals surface area contributed by atoms with Gasteiger partial charge in [-0.3, -0.25) is 14.4 Å². The van der Waals surface area contributed by atoms with E-state index in [-0.39, 0.29) is 24.3 Å². The number of aliphatic carboxylic acids is 1. The molecular weight excluding hydrogens is 308 g/mol. The van der Waals surface area contributed by atoms with Crippen LogP contribution in [0.2, 0.25) is 0 Å². The number of likely N-dealkylation sites (tertiary alicyclic amines) is 1. The van der Waals surface area contributed by atoms with Crippen LogP contribution in [-0.4, -0.2) is 47.4 Å². The van der Waals surface area contributed by atoms with Crippen molar-refractivity contribution in [3.05, 3.63) is 35.9 Å². The molecular formula is C18H22N2O4. The van der Waals surface area contributed by atoms with Crippen molar-refractivity contribution in [2.75, 3.05) is 19.6 Å². The molecule has 0 spiro atoms. The third kappa shape index (κ3) is 3.42. The molecule has 1 saturated carbocycles. The largest absolute Gasteiger partial charge is 0.481 e. The first kappa shape index (κ1) is 16.5. The molecule has 0 atom stereocenters. The summed E-state index contributed by atoms with van der Waals surface area (Å²) in [5.74, 6) is -1.06. The van der Waals surface area contributed by atoms with Gasteiger partial charge in [-0.1, -0.05) is 18.2 Å². The predicted molar refractivity (Wildman–Crippen MR) is 87.4 cm³/mol. The lowest BCUT2D eigenvalue weighted by atomic mass is 9.95. The van der Waals surface area contributed by atoms with Crippen LogP contribution in [-0.2, 0) is 9.59 Å². The van der Waals surface area contributed by atoms with Crippen molar-refractivity contribution in [1.29, 1.82) is 0 Å². The van der Waals surface area contributed by atoms with Gasteiger partial charge >= 0.3 is 5.97 Å². The van der Waals surface area contributed by atoms with Gasteiger partial charge in [-0.15, -0.1) is 0 Å². The number of hydrogen-bond acceptors (Lipinski definition) is 3. The molecule has 6 heteroatoms. The Labute approximate surface area is 140 Å². The zero-order chi connectivity index (χ0) is 17.2. The van der Waals surface area contributed by atoms with E-state index in [4.69, 9.17) is 5.11 Å². The Morgan fingerprint density at radius 3 is 2.29 bits per heavy atom. The van der Waals surface area contributed by atoms with Gasteiger partial charge in [-0.05, 0) is 37.8 Å². The van der Waals surface area contributed by atoms with Gasteiger partial charge in [-0.25, -0.2) is 0 Å². The highest BCUT2D eigenvalue weighted by Crippen LogP contribution is 2.45. The smallest absolute Gasteiger partial charge is 0.311 e. The van der Waals surface area contributed by atoms with E-state index in [0.717, 1.165) is 0 Å². The van der Waals surface area contributed by atoms with Crippen LogP contribution in [0.25, 0.3) is 0 Å². The molecule has 3 rings (SSSR count). The number of benzene rings is 1. The third-order valence-corrected chi connectivity index (χ3v) is 5.08. The van der Waals surface area contributed by atoms with Crippen LogP contribution >= 0.6 is 0 Å². The van der Waals surface area contributed by atoms with E-state index in [0.29, 0.717) is 44.3 Å². The fraction of sp³-hybridized carbons (Fsp3) is 0.500. The summed E-state index contributed by atoms with van der Waals surface area (Å²) in [4.78, 5) is 37.5. The van der Waals surface area contributed by atoms with Crippen LogP contribution in [0.1, 0.15) is 36.0 Å². The highest BCUT2D eigenvalue weighted by molar-refractivity contribution is 5.94. The molecule has 1 aliphatic heterocycles. The first-order chi connectivity index (χ1) is 11.5. The van der Waals surface area contributed by atoms with Crippen LogP contribution in [0.3, 0.4) is 0 Å². The molecule has 6 nitrogen and oxygen atoms in total. The van der Waals surface area contributed by atoms with Crippen molar-refractivity contribution >= 4 is 17.8 Å². The Morgan fingerprint density at radius 1 is 1.12 bits per heavy atom. The van der Waals surface area contributed by atoms with E-state index >= 15 is 0 Å². The van der Waals surface area contributed by atoms with Crippen molar-refractivity contribution in [2.24, 2.45) is 11.3 Å². The lowest BCUT2D eigenvalue weighted by molar-refractivity contribution is -0.143. The van der Waals surface area contributed by atoms with Crippen molar-refractivity contribution in [1.82, 2.24) is 10.2 Å². The summed E-state index contributed by atoms with van der Waals surface area (Å²) in [6.45, 7) is 1.32. The monoisotopic (exact) mass is 330 g/mol. The molecule has 0 unspecified atom stereocenters. The van der Waals surface area contributed by atoms with E-state index < -0.39 is 11.4 Å². The van der Waals surface area contributed by atoms with Gasteiger partial charge in [0.15, 0.2) is 0 Å². The zero-order valence-electron chi connectivity index (χ0n) is 13.5. The number of nitrogens with zero attached hydrogens (tertiary/aromatic N) is 1. The number of carboxylic acid groups (broad SMARTS) is 1. The predicted octanol–water partition coefficient (Wildman–Crippen LogP) is 1.52. The Bertz CT molecular complexity index is 632. The highest BCUT2D eigenvalue weighted by atomic mass is 16.4. The number of amides is 2. The molecule has 0 aromatic heterocycles. The van der Waals surface area contributed by atoms with E-state index in [1.165, 1.54) is 0 Å². The Hall–Kier alpha value is -2.37. The molecule has 2 amide bonds. The summed E-state index contributed by atoms with van der Waals surface area (Å²) >= 11 is 0. The third-order valence-electron chi connectivity index (χ3n) is 5.08. The standard InChI is InChI=1S/C18H22N2O4/c21-15(19-12-18(8-9-18)17(23)24)13-6-10-20(11-7-13)16(22)14-4-2-1-3-5-14/h1-5,13H,6-12H2,(H,19,21)(H,23,24). The quantitative estimate of drug-likeness (QED) is 0.857. The van der Waals surface area contributed by atoms with Crippen LogP contribution in [0.5, 0.6) is 0 Å². The minimum Gasteiger partial charge on any atom is -0.481 e. The van der Waals surface area contributed by atoms with Gasteiger partial charge in [0.1, 0.15) is 0 Å². The fourth-order valence-electron chi connectivity index (χ4n) is 3.13. The van der Waals surface area contributed by atoms with E-state index in [1.807, 2.05) is 18.2 Å². The summed E-state index contributed by atoms with van der Waals surface area (Å²) in [6, 6.07) is 9.13. The van der Waals surface area contributed by atoms with Crippen molar-refractivity contribution in [3.63, 3.8) is 0 Å². The summed E-state index contributed by atoms with van der Waals surface area (Å²) in [5.41, 5.74) is -0.0721. The Morgan fingerprint density at radius 2 is 1.75 bits per heavy atom. The van der Waals surface area contributed by atoms with Crippen molar-refractivity contribution in [2.45, 2.75) is 25.7 Å². The topological polar surface area (TPSA) is 86.7 Å². The Balaban J connectivity index is 1.47. The molecule has 128 valence electrons. The molecule has 0 radical (unpaired) electrons. The maximum atomic E-state index is 12.4. The second-order valence-corrected chi connectivity index (χ2v) is 6.74. The van der Waals surface area contributed by atoms with Gasteiger partial charge in [0.05, 0.1) is 5.41 Å². The molecule has 1 aliphatic carbocycles. The van der Waals surface area contributed by atoms with Crippen LogP contribution in [0.4, 0.5) is 0 Å². The molecule has 24 heavy (non-hydrogen) atoms. The van der Waals surface area contributed by atoms with Crippen molar-refractivity contribution in [3.8, 4) is 0 Å². The minimum absolute atomic E-state index is 0.00253. The van der Waals surface area contributed by atoms with Gasteiger partial charge in [0.2, 0.25) is 5.91 Å². The second-order valence-electron chi connectivity index (χ2n) is 6.74. The van der Waals surface area contributed by atoms with E-state index in [2.05, 4.69) is 5.32 Å². The first-order valence-corrected chi connectivity index (χ1v) is 8.37. The minimum atomic E-state index is -0.828. The van der Waals surface area contributed by atoms with E-state index in [1.54, 1.807) is 17.0 Å². The van der Waals surface area contributed by atoms with Gasteiger partial charge in [-0.2, -0.15) is 0 Å². The van der Waals surface area contributed by atoms with Gasteiger partial charge in [0, 0.05) is 31.1 Å². The maximum Gasteiger partial charge on any atom is 0.311 e. The number of carboxylic acids is 1. The van der Waals surface area contributed by atoms with E-state index in [9.17, 15) is 14.4 Å². The number of nitrogens with one attached hydrogen (secondary N) is 1. The molecule has 1 aromatic rings. The van der Waals surface area contributed by atoms with Crippen LogP contribution in [0.15, 0.2) is 30.3 Å². The number of carbonyl (C=O) groups is 3. The number of rotatable bonds is 5. The average molecular weight is 330 g/mol. The molecule has 2 aliphatic rings. The number of piperidine rings is 1.